The molecule has 0 aliphatic rings. The first kappa shape index (κ1) is 15.3. The van der Waals surface area contributed by atoms with Crippen molar-refractivity contribution in [1.29, 1.82) is 0 Å². The summed E-state index contributed by atoms with van der Waals surface area (Å²) in [5.41, 5.74) is 5.04. The lowest BCUT2D eigenvalue weighted by molar-refractivity contribution is 0.0798. The van der Waals surface area contributed by atoms with Crippen LogP contribution in [0.25, 0.3) is 10.9 Å². The van der Waals surface area contributed by atoms with E-state index in [0.29, 0.717) is 6.54 Å². The third kappa shape index (κ3) is 2.97. The number of carbonyl (C=O) groups excluding carboxylic acids is 1. The van der Waals surface area contributed by atoms with Gasteiger partial charge in [0.1, 0.15) is 0 Å². The molecule has 23 heavy (non-hydrogen) atoms. The lowest BCUT2D eigenvalue weighted by Crippen LogP contribution is -2.29. The minimum atomic E-state index is 0.0668. The fraction of sp³-hybridized carbons (Fsp3) is 0.263. The average Bonchev–Trinajstić information content (AvgIpc) is 2.90. The van der Waals surface area contributed by atoms with Crippen molar-refractivity contribution in [2.75, 3.05) is 13.6 Å². The molecule has 0 bridgehead atoms. The summed E-state index contributed by atoms with van der Waals surface area (Å²) in [5, 5.41) is 1.03. The molecule has 0 atom stereocenters. The number of aromatic amines is 1. The second kappa shape index (κ2) is 6.24. The molecule has 1 N–H and O–H groups in total. The van der Waals surface area contributed by atoms with Crippen LogP contribution in [0, 0.1) is 13.8 Å². The van der Waals surface area contributed by atoms with Crippen molar-refractivity contribution in [2.24, 2.45) is 0 Å². The maximum Gasteiger partial charge on any atom is 0.256 e. The number of fused-ring (bicyclic) bond motifs is 1. The van der Waals surface area contributed by atoms with Gasteiger partial charge in [0, 0.05) is 42.6 Å². The van der Waals surface area contributed by atoms with Crippen LogP contribution < -0.4 is 0 Å². The van der Waals surface area contributed by atoms with E-state index in [0.717, 1.165) is 34.1 Å². The van der Waals surface area contributed by atoms with E-state index >= 15 is 0 Å². The monoisotopic (exact) mass is 307 g/mol. The van der Waals surface area contributed by atoms with Gasteiger partial charge in [0.25, 0.3) is 5.91 Å². The Balaban J connectivity index is 1.84. The van der Waals surface area contributed by atoms with Crippen molar-refractivity contribution in [3.8, 4) is 0 Å². The molecule has 0 aliphatic carbocycles. The fourth-order valence-electron chi connectivity index (χ4n) is 2.96. The summed E-state index contributed by atoms with van der Waals surface area (Å²) >= 11 is 0. The van der Waals surface area contributed by atoms with E-state index in [1.54, 1.807) is 17.3 Å². The van der Waals surface area contributed by atoms with Crippen molar-refractivity contribution in [3.63, 3.8) is 0 Å². The van der Waals surface area contributed by atoms with Crippen LogP contribution in [0.2, 0.25) is 0 Å². The van der Waals surface area contributed by atoms with Crippen LogP contribution in [0.1, 0.15) is 27.2 Å². The van der Waals surface area contributed by atoms with Gasteiger partial charge in [-0.25, -0.2) is 0 Å². The zero-order chi connectivity index (χ0) is 16.4. The standard InChI is InChI=1S/C19H21N3O/c1-13-5-4-6-16-17(13)18(14(2)21-16)19(23)22(3)12-9-15-7-10-20-11-8-15/h4-8,10-11,21H,9,12H2,1-3H3. The number of aromatic nitrogens is 2. The molecule has 4 heteroatoms. The van der Waals surface area contributed by atoms with Crippen molar-refractivity contribution >= 4 is 16.8 Å². The first-order chi connectivity index (χ1) is 11.1. The molecule has 3 rings (SSSR count). The van der Waals surface area contributed by atoms with Crippen LogP contribution in [0.15, 0.2) is 42.7 Å². The number of H-pyrrole nitrogens is 1. The van der Waals surface area contributed by atoms with E-state index in [1.165, 1.54) is 5.56 Å². The topological polar surface area (TPSA) is 49.0 Å². The Morgan fingerprint density at radius 3 is 2.65 bits per heavy atom. The Kier molecular flexibility index (Phi) is 4.15. The Labute approximate surface area is 136 Å². The number of benzene rings is 1. The number of amides is 1. The lowest BCUT2D eigenvalue weighted by Gasteiger charge is -2.17. The highest BCUT2D eigenvalue weighted by atomic mass is 16.2. The van der Waals surface area contributed by atoms with Crippen LogP contribution in [0.5, 0.6) is 0 Å². The first-order valence-corrected chi connectivity index (χ1v) is 7.80. The summed E-state index contributed by atoms with van der Waals surface area (Å²) in [4.78, 5) is 22.0. The van der Waals surface area contributed by atoms with E-state index in [1.807, 2.05) is 51.2 Å². The van der Waals surface area contributed by atoms with Crippen LogP contribution in [-0.4, -0.2) is 34.4 Å². The number of carbonyl (C=O) groups is 1. The predicted molar refractivity (Wildman–Crippen MR) is 92.7 cm³/mol. The Morgan fingerprint density at radius 2 is 1.91 bits per heavy atom. The van der Waals surface area contributed by atoms with Crippen molar-refractivity contribution in [3.05, 3.63) is 65.1 Å². The zero-order valence-electron chi connectivity index (χ0n) is 13.8. The molecule has 0 unspecified atom stereocenters. The van der Waals surface area contributed by atoms with E-state index in [4.69, 9.17) is 0 Å². The first-order valence-electron chi connectivity index (χ1n) is 7.80. The molecule has 0 aliphatic heterocycles. The van der Waals surface area contributed by atoms with Crippen molar-refractivity contribution in [1.82, 2.24) is 14.9 Å². The molecular formula is C19H21N3O. The highest BCUT2D eigenvalue weighted by molar-refractivity contribution is 6.09. The molecule has 118 valence electrons. The SMILES string of the molecule is Cc1[nH]c2cccc(C)c2c1C(=O)N(C)CCc1ccncc1. The molecule has 4 nitrogen and oxygen atoms in total. The average molecular weight is 307 g/mol. The van der Waals surface area contributed by atoms with Gasteiger partial charge in [-0.05, 0) is 49.6 Å². The quantitative estimate of drug-likeness (QED) is 0.802. The van der Waals surface area contributed by atoms with Crippen LogP contribution in [-0.2, 0) is 6.42 Å². The number of hydrogen-bond acceptors (Lipinski definition) is 2. The van der Waals surface area contributed by atoms with E-state index in [-0.39, 0.29) is 5.91 Å². The second-order valence-electron chi connectivity index (χ2n) is 5.95. The lowest BCUT2D eigenvalue weighted by atomic mass is 10.0. The Morgan fingerprint density at radius 1 is 1.17 bits per heavy atom. The van der Waals surface area contributed by atoms with Crippen molar-refractivity contribution < 1.29 is 4.79 Å². The molecule has 0 spiro atoms. The van der Waals surface area contributed by atoms with Gasteiger partial charge >= 0.3 is 0 Å². The van der Waals surface area contributed by atoms with E-state index in [2.05, 4.69) is 9.97 Å². The van der Waals surface area contributed by atoms with E-state index in [9.17, 15) is 4.79 Å². The molecule has 0 saturated carbocycles. The maximum absolute atomic E-state index is 12.9. The molecule has 0 saturated heterocycles. The molecular weight excluding hydrogens is 286 g/mol. The van der Waals surface area contributed by atoms with E-state index < -0.39 is 0 Å². The summed E-state index contributed by atoms with van der Waals surface area (Å²) in [6, 6.07) is 10.0. The number of likely N-dealkylation sites (N-methyl/N-ethyl adjacent to an activating group) is 1. The number of nitrogens with zero attached hydrogens (tertiary/aromatic N) is 2. The van der Waals surface area contributed by atoms with Crippen LogP contribution >= 0.6 is 0 Å². The summed E-state index contributed by atoms with van der Waals surface area (Å²) in [6.07, 6.45) is 4.39. The van der Waals surface area contributed by atoms with Crippen molar-refractivity contribution in [2.45, 2.75) is 20.3 Å². The molecule has 1 amide bonds. The maximum atomic E-state index is 12.9. The Hall–Kier alpha value is -2.62. The third-order valence-electron chi connectivity index (χ3n) is 4.27. The van der Waals surface area contributed by atoms with Crippen LogP contribution in [0.4, 0.5) is 0 Å². The predicted octanol–water partition coefficient (Wildman–Crippen LogP) is 3.49. The minimum absolute atomic E-state index is 0.0668. The summed E-state index contributed by atoms with van der Waals surface area (Å²) < 4.78 is 0. The van der Waals surface area contributed by atoms with Crippen LogP contribution in [0.3, 0.4) is 0 Å². The highest BCUT2D eigenvalue weighted by Gasteiger charge is 2.20. The van der Waals surface area contributed by atoms with Gasteiger partial charge in [-0.1, -0.05) is 12.1 Å². The molecule has 0 radical (unpaired) electrons. The summed E-state index contributed by atoms with van der Waals surface area (Å²) in [7, 11) is 1.86. The normalized spacial score (nSPS) is 10.9. The smallest absolute Gasteiger partial charge is 0.256 e. The highest BCUT2D eigenvalue weighted by Crippen LogP contribution is 2.26. The van der Waals surface area contributed by atoms with Gasteiger partial charge in [-0.15, -0.1) is 0 Å². The molecule has 0 fully saturated rings. The number of hydrogen-bond donors (Lipinski definition) is 1. The molecule has 1 aromatic carbocycles. The third-order valence-corrected chi connectivity index (χ3v) is 4.27. The molecule has 2 heterocycles. The zero-order valence-corrected chi connectivity index (χ0v) is 13.8. The van der Waals surface area contributed by atoms with Gasteiger partial charge in [0.2, 0.25) is 0 Å². The molecule has 3 aromatic rings. The fourth-order valence-corrected chi connectivity index (χ4v) is 2.96. The molecule has 2 aromatic heterocycles. The number of nitrogens with one attached hydrogen (secondary N) is 1. The summed E-state index contributed by atoms with van der Waals surface area (Å²) in [6.45, 7) is 4.69. The van der Waals surface area contributed by atoms with Gasteiger partial charge in [0.15, 0.2) is 0 Å². The number of rotatable bonds is 4. The van der Waals surface area contributed by atoms with Gasteiger partial charge in [-0.3, -0.25) is 9.78 Å². The second-order valence-corrected chi connectivity index (χ2v) is 5.95. The van der Waals surface area contributed by atoms with Gasteiger partial charge in [-0.2, -0.15) is 0 Å². The Bertz CT molecular complexity index is 836. The van der Waals surface area contributed by atoms with Gasteiger partial charge in [0.05, 0.1) is 5.56 Å². The minimum Gasteiger partial charge on any atom is -0.358 e. The number of aryl methyl sites for hydroxylation is 2. The van der Waals surface area contributed by atoms with Gasteiger partial charge < -0.3 is 9.88 Å². The summed E-state index contributed by atoms with van der Waals surface area (Å²) in [5.74, 6) is 0.0668. The largest absolute Gasteiger partial charge is 0.358 e. The number of pyridine rings is 1.